The molecule has 1 aliphatic heterocycles. The van der Waals surface area contributed by atoms with Gasteiger partial charge in [0.05, 0.1) is 0 Å². The van der Waals surface area contributed by atoms with E-state index in [0.717, 1.165) is 12.0 Å². The summed E-state index contributed by atoms with van der Waals surface area (Å²) in [6, 6.07) is 0.778. The van der Waals surface area contributed by atoms with Crippen LogP contribution < -0.4 is 10.6 Å². The molecule has 0 amide bonds. The smallest absolute Gasteiger partial charge is 0.0204 e. The van der Waals surface area contributed by atoms with Crippen molar-refractivity contribution >= 4 is 0 Å². The van der Waals surface area contributed by atoms with E-state index in [1.165, 1.54) is 38.9 Å². The lowest BCUT2D eigenvalue weighted by Crippen LogP contribution is -2.32. The van der Waals surface area contributed by atoms with Crippen molar-refractivity contribution in [2.24, 2.45) is 5.92 Å². The topological polar surface area (TPSA) is 24.1 Å². The van der Waals surface area contributed by atoms with E-state index in [2.05, 4.69) is 10.6 Å². The first-order chi connectivity index (χ1) is 4.95. The zero-order valence-electron chi connectivity index (χ0n) is 6.40. The fraction of sp³-hybridized carbons (Fsp3) is 1.00. The molecular formula is C8H16N2. The van der Waals surface area contributed by atoms with Gasteiger partial charge >= 0.3 is 0 Å². The van der Waals surface area contributed by atoms with E-state index in [-0.39, 0.29) is 0 Å². The Morgan fingerprint density at radius 1 is 1.30 bits per heavy atom. The minimum atomic E-state index is 0.778. The van der Waals surface area contributed by atoms with Gasteiger partial charge in [0.2, 0.25) is 0 Å². The van der Waals surface area contributed by atoms with Crippen molar-refractivity contribution in [2.75, 3.05) is 19.6 Å². The summed E-state index contributed by atoms with van der Waals surface area (Å²) in [6.45, 7) is 3.67. The van der Waals surface area contributed by atoms with Gasteiger partial charge in [0, 0.05) is 12.6 Å². The van der Waals surface area contributed by atoms with Crippen molar-refractivity contribution in [1.29, 1.82) is 0 Å². The summed E-state index contributed by atoms with van der Waals surface area (Å²) < 4.78 is 0. The van der Waals surface area contributed by atoms with Crippen molar-refractivity contribution in [3.63, 3.8) is 0 Å². The minimum absolute atomic E-state index is 0.778. The van der Waals surface area contributed by atoms with Crippen LogP contribution in [0.1, 0.15) is 19.3 Å². The van der Waals surface area contributed by atoms with E-state index in [1.54, 1.807) is 0 Å². The summed E-state index contributed by atoms with van der Waals surface area (Å²) >= 11 is 0. The van der Waals surface area contributed by atoms with Crippen LogP contribution in [0.5, 0.6) is 0 Å². The van der Waals surface area contributed by atoms with Crippen LogP contribution >= 0.6 is 0 Å². The summed E-state index contributed by atoms with van der Waals surface area (Å²) in [4.78, 5) is 0. The second kappa shape index (κ2) is 2.89. The zero-order valence-corrected chi connectivity index (χ0v) is 6.40. The highest BCUT2D eigenvalue weighted by molar-refractivity contribution is 4.82. The van der Waals surface area contributed by atoms with Gasteiger partial charge in [-0.15, -0.1) is 0 Å². The van der Waals surface area contributed by atoms with Crippen LogP contribution in [0.25, 0.3) is 0 Å². The third-order valence-electron chi connectivity index (χ3n) is 2.45. The van der Waals surface area contributed by atoms with Gasteiger partial charge < -0.3 is 10.6 Å². The largest absolute Gasteiger partial charge is 0.315 e. The Morgan fingerprint density at radius 3 is 2.80 bits per heavy atom. The summed E-state index contributed by atoms with van der Waals surface area (Å²) in [5, 5.41) is 6.93. The molecule has 1 aliphatic carbocycles. The maximum Gasteiger partial charge on any atom is 0.0204 e. The highest BCUT2D eigenvalue weighted by atomic mass is 15.0. The van der Waals surface area contributed by atoms with Gasteiger partial charge in [0.25, 0.3) is 0 Å². The molecule has 2 heteroatoms. The van der Waals surface area contributed by atoms with Gasteiger partial charge in [-0.2, -0.15) is 0 Å². The number of hydrogen-bond acceptors (Lipinski definition) is 2. The summed E-state index contributed by atoms with van der Waals surface area (Å²) in [7, 11) is 0. The highest BCUT2D eigenvalue weighted by Crippen LogP contribution is 2.27. The molecule has 0 aromatic carbocycles. The van der Waals surface area contributed by atoms with Gasteiger partial charge in [0.15, 0.2) is 0 Å². The molecule has 2 aliphatic rings. The molecule has 1 atom stereocenters. The van der Waals surface area contributed by atoms with Gasteiger partial charge in [0.1, 0.15) is 0 Å². The second-order valence-electron chi connectivity index (χ2n) is 3.54. The maximum absolute atomic E-state index is 3.58. The fourth-order valence-electron chi connectivity index (χ4n) is 1.48. The summed E-state index contributed by atoms with van der Waals surface area (Å²) in [6.07, 6.45) is 4.26. The van der Waals surface area contributed by atoms with Gasteiger partial charge in [-0.05, 0) is 38.3 Å². The quantitative estimate of drug-likeness (QED) is 0.591. The van der Waals surface area contributed by atoms with Crippen molar-refractivity contribution in [1.82, 2.24) is 10.6 Å². The SMILES string of the molecule is C1CC(NCC2CC2)CN1. The molecule has 0 aromatic heterocycles. The Bertz CT molecular complexity index is 104. The molecule has 1 saturated carbocycles. The van der Waals surface area contributed by atoms with Gasteiger partial charge in [-0.1, -0.05) is 0 Å². The van der Waals surface area contributed by atoms with E-state index in [1.807, 2.05) is 0 Å². The van der Waals surface area contributed by atoms with Crippen LogP contribution in [0.3, 0.4) is 0 Å². The molecule has 1 unspecified atom stereocenters. The molecule has 0 bridgehead atoms. The van der Waals surface area contributed by atoms with Crippen molar-refractivity contribution in [3.05, 3.63) is 0 Å². The standard InChI is InChI=1S/C8H16N2/c1-2-7(1)5-10-8-3-4-9-6-8/h7-10H,1-6H2. The molecule has 10 heavy (non-hydrogen) atoms. The van der Waals surface area contributed by atoms with Gasteiger partial charge in [-0.25, -0.2) is 0 Å². The fourth-order valence-corrected chi connectivity index (χ4v) is 1.48. The lowest BCUT2D eigenvalue weighted by Gasteiger charge is -2.09. The first-order valence-electron chi connectivity index (χ1n) is 4.39. The van der Waals surface area contributed by atoms with Crippen LogP contribution in [-0.2, 0) is 0 Å². The molecule has 2 N–H and O–H groups in total. The van der Waals surface area contributed by atoms with Crippen LogP contribution in [0, 0.1) is 5.92 Å². The van der Waals surface area contributed by atoms with Crippen LogP contribution in [0.15, 0.2) is 0 Å². The lowest BCUT2D eigenvalue weighted by molar-refractivity contribution is 0.527. The zero-order chi connectivity index (χ0) is 6.81. The summed E-state index contributed by atoms with van der Waals surface area (Å²) in [5.74, 6) is 1.03. The molecule has 1 heterocycles. The van der Waals surface area contributed by atoms with Gasteiger partial charge in [-0.3, -0.25) is 0 Å². The third-order valence-corrected chi connectivity index (χ3v) is 2.45. The lowest BCUT2D eigenvalue weighted by atomic mass is 10.2. The van der Waals surface area contributed by atoms with Crippen LogP contribution in [-0.4, -0.2) is 25.7 Å². The molecule has 2 fully saturated rings. The first-order valence-corrected chi connectivity index (χ1v) is 4.39. The van der Waals surface area contributed by atoms with Crippen molar-refractivity contribution < 1.29 is 0 Å². The Hall–Kier alpha value is -0.0800. The van der Waals surface area contributed by atoms with Crippen LogP contribution in [0.4, 0.5) is 0 Å². The molecule has 0 aromatic rings. The molecule has 58 valence electrons. The van der Waals surface area contributed by atoms with Crippen LogP contribution in [0.2, 0.25) is 0 Å². The molecular weight excluding hydrogens is 124 g/mol. The third kappa shape index (κ3) is 1.70. The molecule has 2 rings (SSSR count). The molecule has 0 radical (unpaired) electrons. The van der Waals surface area contributed by atoms with E-state index in [4.69, 9.17) is 0 Å². The first kappa shape index (κ1) is 6.62. The van der Waals surface area contributed by atoms with Crippen molar-refractivity contribution in [2.45, 2.75) is 25.3 Å². The monoisotopic (exact) mass is 140 g/mol. The van der Waals surface area contributed by atoms with E-state index < -0.39 is 0 Å². The second-order valence-corrected chi connectivity index (χ2v) is 3.54. The molecule has 1 saturated heterocycles. The normalized spacial score (nSPS) is 33.0. The number of nitrogens with one attached hydrogen (secondary N) is 2. The Kier molecular flexibility index (Phi) is 1.91. The van der Waals surface area contributed by atoms with E-state index in [0.29, 0.717) is 0 Å². The number of hydrogen-bond donors (Lipinski definition) is 2. The average Bonchev–Trinajstić information content (AvgIpc) is 2.63. The highest BCUT2D eigenvalue weighted by Gasteiger charge is 2.22. The minimum Gasteiger partial charge on any atom is -0.315 e. The Labute approximate surface area is 62.4 Å². The maximum atomic E-state index is 3.58. The average molecular weight is 140 g/mol. The molecule has 2 nitrogen and oxygen atoms in total. The predicted molar refractivity (Wildman–Crippen MR) is 42.0 cm³/mol. The van der Waals surface area contributed by atoms with Crippen molar-refractivity contribution in [3.8, 4) is 0 Å². The Morgan fingerprint density at radius 2 is 2.20 bits per heavy atom. The summed E-state index contributed by atoms with van der Waals surface area (Å²) in [5.41, 5.74) is 0. The van der Waals surface area contributed by atoms with E-state index >= 15 is 0 Å². The molecule has 0 spiro atoms. The Balaban J connectivity index is 1.59. The number of rotatable bonds is 3. The predicted octanol–water partition coefficient (Wildman–Crippen LogP) is 0.348. The van der Waals surface area contributed by atoms with E-state index in [9.17, 15) is 0 Å².